The number of aromatic nitrogens is 2. The van der Waals surface area contributed by atoms with Gasteiger partial charge in [-0.25, -0.2) is 0 Å². The highest BCUT2D eigenvalue weighted by molar-refractivity contribution is 6.05. The molecule has 3 aromatic rings. The van der Waals surface area contributed by atoms with Crippen molar-refractivity contribution in [2.75, 3.05) is 0 Å². The molecular weight excluding hydrogens is 392 g/mol. The Kier molecular flexibility index (Phi) is 4.46. The summed E-state index contributed by atoms with van der Waals surface area (Å²) in [5.74, 6) is -0.854. The van der Waals surface area contributed by atoms with Gasteiger partial charge >= 0.3 is 0 Å². The smallest absolute Gasteiger partial charge is 0.255 e. The molecule has 2 aromatic carbocycles. The molecule has 2 aliphatic rings. The normalized spacial score (nSPS) is 18.3. The van der Waals surface area contributed by atoms with Gasteiger partial charge < -0.3 is 4.90 Å². The van der Waals surface area contributed by atoms with Crippen molar-refractivity contribution < 1.29 is 14.4 Å². The van der Waals surface area contributed by atoms with E-state index in [-0.39, 0.29) is 18.2 Å². The van der Waals surface area contributed by atoms with Crippen LogP contribution < -0.4 is 5.32 Å². The lowest BCUT2D eigenvalue weighted by molar-refractivity contribution is -0.136. The summed E-state index contributed by atoms with van der Waals surface area (Å²) >= 11 is 0. The number of carbonyl (C=O) groups is 3. The van der Waals surface area contributed by atoms with Gasteiger partial charge in [0, 0.05) is 42.4 Å². The lowest BCUT2D eigenvalue weighted by Crippen LogP contribution is -2.52. The number of nitrogens with zero attached hydrogens (tertiary/aromatic N) is 3. The molecule has 7 nitrogen and oxygen atoms in total. The number of amides is 3. The van der Waals surface area contributed by atoms with Gasteiger partial charge in [0.2, 0.25) is 11.8 Å². The Morgan fingerprint density at radius 2 is 1.81 bits per heavy atom. The van der Waals surface area contributed by atoms with Crippen molar-refractivity contribution >= 4 is 17.7 Å². The van der Waals surface area contributed by atoms with Crippen molar-refractivity contribution in [3.05, 3.63) is 65.4 Å². The number of nitrogens with one attached hydrogen (secondary N) is 1. The summed E-state index contributed by atoms with van der Waals surface area (Å²) in [6, 6.07) is 15.2. The molecule has 3 amide bonds. The van der Waals surface area contributed by atoms with Crippen molar-refractivity contribution in [1.82, 2.24) is 20.0 Å². The third kappa shape index (κ3) is 3.13. The Labute approximate surface area is 179 Å². The molecule has 7 heteroatoms. The van der Waals surface area contributed by atoms with Crippen LogP contribution in [0.2, 0.25) is 0 Å². The summed E-state index contributed by atoms with van der Waals surface area (Å²) in [5, 5.41) is 7.09. The van der Waals surface area contributed by atoms with E-state index in [1.54, 1.807) is 4.90 Å². The van der Waals surface area contributed by atoms with Gasteiger partial charge in [0.05, 0.1) is 0 Å². The summed E-state index contributed by atoms with van der Waals surface area (Å²) < 4.78 is 1.87. The van der Waals surface area contributed by atoms with E-state index < -0.39 is 11.9 Å². The van der Waals surface area contributed by atoms with E-state index >= 15 is 0 Å². The molecule has 0 saturated carbocycles. The average Bonchev–Trinajstić information content (AvgIpc) is 3.25. The molecule has 1 unspecified atom stereocenters. The molecule has 156 valence electrons. The maximum absolute atomic E-state index is 13.0. The standard InChI is InChI=1S/C24H22N4O3/c1-14-21(15-6-4-3-5-7-15)22(26-27(14)2)16-8-9-18-17(12-16)13-28(24(18)31)19-10-11-20(29)25-23(19)30/h3-9,12,19H,10-11,13H2,1-2H3,(H,25,29,30). The first-order chi connectivity index (χ1) is 14.9. The predicted octanol–water partition coefficient (Wildman–Crippen LogP) is 2.82. The monoisotopic (exact) mass is 414 g/mol. The highest BCUT2D eigenvalue weighted by atomic mass is 16.2. The summed E-state index contributed by atoms with van der Waals surface area (Å²) in [6.07, 6.45) is 0.601. The van der Waals surface area contributed by atoms with E-state index in [1.165, 1.54) is 0 Å². The minimum atomic E-state index is -0.613. The van der Waals surface area contributed by atoms with Crippen LogP contribution in [0, 0.1) is 6.92 Å². The average molecular weight is 414 g/mol. The molecule has 0 radical (unpaired) electrons. The number of benzene rings is 2. The van der Waals surface area contributed by atoms with Gasteiger partial charge in [-0.2, -0.15) is 5.10 Å². The first-order valence-corrected chi connectivity index (χ1v) is 10.3. The molecule has 0 bridgehead atoms. The van der Waals surface area contributed by atoms with Crippen LogP contribution >= 0.6 is 0 Å². The Morgan fingerprint density at radius 3 is 2.55 bits per heavy atom. The lowest BCUT2D eigenvalue weighted by atomic mass is 9.97. The van der Waals surface area contributed by atoms with E-state index in [2.05, 4.69) is 17.4 Å². The van der Waals surface area contributed by atoms with Crippen molar-refractivity contribution in [2.45, 2.75) is 32.4 Å². The molecule has 0 spiro atoms. The lowest BCUT2D eigenvalue weighted by Gasteiger charge is -2.29. The second-order valence-corrected chi connectivity index (χ2v) is 8.07. The molecule has 2 aliphatic heterocycles. The molecular formula is C24H22N4O3. The van der Waals surface area contributed by atoms with E-state index in [4.69, 9.17) is 5.10 Å². The zero-order valence-electron chi connectivity index (χ0n) is 17.4. The molecule has 1 aromatic heterocycles. The van der Waals surface area contributed by atoms with Crippen LogP contribution in [0.3, 0.4) is 0 Å². The first-order valence-electron chi connectivity index (χ1n) is 10.3. The van der Waals surface area contributed by atoms with E-state index in [0.29, 0.717) is 18.5 Å². The Balaban J connectivity index is 1.52. The summed E-state index contributed by atoms with van der Waals surface area (Å²) in [7, 11) is 1.92. The fourth-order valence-electron chi connectivity index (χ4n) is 4.48. The minimum Gasteiger partial charge on any atom is -0.322 e. The Hall–Kier alpha value is -3.74. The van der Waals surface area contributed by atoms with Crippen molar-refractivity contribution in [2.24, 2.45) is 7.05 Å². The number of rotatable bonds is 3. The fourth-order valence-corrected chi connectivity index (χ4v) is 4.48. The summed E-state index contributed by atoms with van der Waals surface area (Å²) in [4.78, 5) is 38.3. The van der Waals surface area contributed by atoms with Crippen LogP contribution in [0.1, 0.15) is 34.5 Å². The maximum Gasteiger partial charge on any atom is 0.255 e. The predicted molar refractivity (Wildman–Crippen MR) is 115 cm³/mol. The van der Waals surface area contributed by atoms with Crippen molar-refractivity contribution in [1.29, 1.82) is 0 Å². The molecule has 5 rings (SSSR count). The van der Waals surface area contributed by atoms with Crippen LogP contribution in [0.5, 0.6) is 0 Å². The van der Waals surface area contributed by atoms with Gasteiger partial charge in [0.25, 0.3) is 5.91 Å². The molecule has 1 fully saturated rings. The number of fused-ring (bicyclic) bond motifs is 1. The third-order valence-electron chi connectivity index (χ3n) is 6.19. The molecule has 31 heavy (non-hydrogen) atoms. The van der Waals surface area contributed by atoms with Gasteiger partial charge in [0.15, 0.2) is 0 Å². The fraction of sp³-hybridized carbons (Fsp3) is 0.250. The second-order valence-electron chi connectivity index (χ2n) is 8.07. The van der Waals surface area contributed by atoms with Crippen LogP contribution in [0.15, 0.2) is 48.5 Å². The van der Waals surface area contributed by atoms with Crippen molar-refractivity contribution in [3.8, 4) is 22.4 Å². The van der Waals surface area contributed by atoms with Crippen LogP contribution in [0.25, 0.3) is 22.4 Å². The highest BCUT2D eigenvalue weighted by Gasteiger charge is 2.39. The molecule has 0 aliphatic carbocycles. The zero-order valence-corrected chi connectivity index (χ0v) is 17.4. The van der Waals surface area contributed by atoms with Crippen LogP contribution in [-0.4, -0.2) is 38.4 Å². The van der Waals surface area contributed by atoms with Gasteiger partial charge in [-0.3, -0.25) is 24.4 Å². The largest absolute Gasteiger partial charge is 0.322 e. The minimum absolute atomic E-state index is 0.170. The van der Waals surface area contributed by atoms with Gasteiger partial charge in [-0.05, 0) is 36.6 Å². The van der Waals surface area contributed by atoms with Crippen molar-refractivity contribution in [3.63, 3.8) is 0 Å². The Morgan fingerprint density at radius 1 is 1.03 bits per heavy atom. The highest BCUT2D eigenvalue weighted by Crippen LogP contribution is 2.36. The second kappa shape index (κ2) is 7.19. The topological polar surface area (TPSA) is 84.3 Å². The number of imide groups is 1. The summed E-state index contributed by atoms with van der Waals surface area (Å²) in [5.41, 5.74) is 6.47. The van der Waals surface area contributed by atoms with Crippen LogP contribution in [-0.2, 0) is 23.2 Å². The number of piperidine rings is 1. The van der Waals surface area contributed by atoms with Gasteiger partial charge in [0.1, 0.15) is 11.7 Å². The number of aryl methyl sites for hydroxylation is 1. The third-order valence-corrected chi connectivity index (χ3v) is 6.19. The van der Waals surface area contributed by atoms with E-state index in [9.17, 15) is 14.4 Å². The van der Waals surface area contributed by atoms with Gasteiger partial charge in [-0.1, -0.05) is 36.4 Å². The van der Waals surface area contributed by atoms with Crippen LogP contribution in [0.4, 0.5) is 0 Å². The van der Waals surface area contributed by atoms with E-state index in [1.807, 2.05) is 55.1 Å². The quantitative estimate of drug-likeness (QED) is 0.668. The number of hydrogen-bond donors (Lipinski definition) is 1. The number of carbonyl (C=O) groups excluding carboxylic acids is 3. The van der Waals surface area contributed by atoms with Gasteiger partial charge in [-0.15, -0.1) is 0 Å². The number of hydrogen-bond acceptors (Lipinski definition) is 4. The Bertz CT molecular complexity index is 1230. The molecule has 1 saturated heterocycles. The molecule has 1 N–H and O–H groups in total. The molecule has 1 atom stereocenters. The summed E-state index contributed by atoms with van der Waals surface area (Å²) in [6.45, 7) is 2.39. The SMILES string of the molecule is Cc1c(-c2ccccc2)c(-c2ccc3c(c2)CN(C2CCC(=O)NC2=O)C3=O)nn1C. The first kappa shape index (κ1) is 19.2. The maximum atomic E-state index is 13.0. The molecule has 3 heterocycles. The van der Waals surface area contributed by atoms with E-state index in [0.717, 1.165) is 33.6 Å². The zero-order chi connectivity index (χ0) is 21.7.